The van der Waals surface area contributed by atoms with Crippen LogP contribution < -0.4 is 10.0 Å². The number of nitrogens with one attached hydrogen (secondary N) is 2. The lowest BCUT2D eigenvalue weighted by Crippen LogP contribution is -2.23. The van der Waals surface area contributed by atoms with Gasteiger partial charge in [0.2, 0.25) is 10.0 Å². The molecule has 2 rings (SSSR count). The molecule has 19 heavy (non-hydrogen) atoms. The van der Waals surface area contributed by atoms with Gasteiger partial charge in [0.25, 0.3) is 0 Å². The summed E-state index contributed by atoms with van der Waals surface area (Å²) in [5.41, 5.74) is 0.569. The van der Waals surface area contributed by atoms with Crippen LogP contribution in [0.25, 0.3) is 0 Å². The van der Waals surface area contributed by atoms with E-state index in [9.17, 15) is 8.42 Å². The summed E-state index contributed by atoms with van der Waals surface area (Å²) in [6, 6.07) is 10.3. The largest absolute Gasteiger partial charge is 0.387 e. The highest BCUT2D eigenvalue weighted by Crippen LogP contribution is 2.23. The molecule has 1 aromatic heterocycles. The molecule has 1 aromatic carbocycles. The Morgan fingerprint density at radius 3 is 2.58 bits per heavy atom. The van der Waals surface area contributed by atoms with Crippen LogP contribution in [0.15, 0.2) is 41.3 Å². The van der Waals surface area contributed by atoms with Gasteiger partial charge in [-0.1, -0.05) is 23.7 Å². The summed E-state index contributed by atoms with van der Waals surface area (Å²) in [6.45, 7) is 0.234. The fourth-order valence-electron chi connectivity index (χ4n) is 1.60. The van der Waals surface area contributed by atoms with Gasteiger partial charge in [-0.05, 0) is 24.3 Å². The molecule has 0 bridgehead atoms. The lowest BCUT2D eigenvalue weighted by Gasteiger charge is -2.10. The number of anilines is 1. The minimum absolute atomic E-state index is 0.234. The van der Waals surface area contributed by atoms with Gasteiger partial charge in [0.05, 0.1) is 10.0 Å². The Bertz CT molecular complexity index is 668. The van der Waals surface area contributed by atoms with Gasteiger partial charge < -0.3 is 5.32 Å². The molecule has 0 aliphatic rings. The van der Waals surface area contributed by atoms with E-state index in [0.29, 0.717) is 10.0 Å². The van der Waals surface area contributed by atoms with E-state index >= 15 is 0 Å². The molecule has 4 nitrogen and oxygen atoms in total. The van der Waals surface area contributed by atoms with Crippen LogP contribution in [0.3, 0.4) is 0 Å². The fraction of sp³-hybridized carbons (Fsp3) is 0.167. The summed E-state index contributed by atoms with van der Waals surface area (Å²) in [4.78, 5) is 1.11. The number of sulfonamides is 1. The van der Waals surface area contributed by atoms with Crippen molar-refractivity contribution in [2.75, 3.05) is 12.4 Å². The molecule has 0 aliphatic heterocycles. The number of para-hydroxylation sites is 1. The van der Waals surface area contributed by atoms with E-state index in [2.05, 4.69) is 10.0 Å². The van der Waals surface area contributed by atoms with Crippen LogP contribution in [0, 0.1) is 0 Å². The zero-order valence-corrected chi connectivity index (χ0v) is 12.6. The van der Waals surface area contributed by atoms with E-state index in [0.717, 1.165) is 4.88 Å². The van der Waals surface area contributed by atoms with Gasteiger partial charge in [0.15, 0.2) is 0 Å². The van der Waals surface area contributed by atoms with Gasteiger partial charge in [-0.3, -0.25) is 0 Å². The van der Waals surface area contributed by atoms with Gasteiger partial charge in [-0.15, -0.1) is 11.3 Å². The molecule has 0 amide bonds. The summed E-state index contributed by atoms with van der Waals surface area (Å²) in [6.07, 6.45) is 0. The van der Waals surface area contributed by atoms with E-state index in [4.69, 9.17) is 11.6 Å². The summed E-state index contributed by atoms with van der Waals surface area (Å²) < 4.78 is 27.6. The Morgan fingerprint density at radius 2 is 1.95 bits per heavy atom. The molecule has 102 valence electrons. The smallest absolute Gasteiger partial charge is 0.242 e. The quantitative estimate of drug-likeness (QED) is 0.891. The predicted molar refractivity (Wildman–Crippen MR) is 79.3 cm³/mol. The Labute approximate surface area is 121 Å². The maximum absolute atomic E-state index is 12.2. The van der Waals surface area contributed by atoms with Crippen molar-refractivity contribution in [3.63, 3.8) is 0 Å². The Hall–Kier alpha value is -1.08. The zero-order valence-electron chi connectivity index (χ0n) is 10.2. The third-order valence-electron chi connectivity index (χ3n) is 2.51. The summed E-state index contributed by atoms with van der Waals surface area (Å²) in [7, 11) is -1.85. The van der Waals surface area contributed by atoms with E-state index in [1.807, 2.05) is 0 Å². The van der Waals surface area contributed by atoms with Crippen molar-refractivity contribution in [3.05, 3.63) is 45.6 Å². The third kappa shape index (κ3) is 3.48. The van der Waals surface area contributed by atoms with Gasteiger partial charge in [0.1, 0.15) is 4.90 Å². The number of hydrogen-bond acceptors (Lipinski definition) is 4. The Balaban J connectivity index is 2.18. The van der Waals surface area contributed by atoms with Crippen LogP contribution in [-0.4, -0.2) is 15.5 Å². The molecular weight excluding hydrogens is 304 g/mol. The monoisotopic (exact) mass is 316 g/mol. The van der Waals surface area contributed by atoms with E-state index < -0.39 is 10.0 Å². The van der Waals surface area contributed by atoms with Crippen molar-refractivity contribution in [1.29, 1.82) is 0 Å². The predicted octanol–water partition coefficient (Wildman–Crippen LogP) is 2.92. The summed E-state index contributed by atoms with van der Waals surface area (Å²) >= 11 is 7.16. The molecule has 0 aliphatic carbocycles. The van der Waals surface area contributed by atoms with Crippen LogP contribution in [0.2, 0.25) is 4.34 Å². The molecule has 2 aromatic rings. The highest BCUT2D eigenvalue weighted by atomic mass is 35.5. The highest BCUT2D eigenvalue weighted by molar-refractivity contribution is 7.89. The second kappa shape index (κ2) is 5.92. The van der Waals surface area contributed by atoms with Crippen molar-refractivity contribution in [3.8, 4) is 0 Å². The zero-order chi connectivity index (χ0) is 13.9. The number of thiophene rings is 1. The molecule has 0 unspecified atom stereocenters. The molecule has 0 radical (unpaired) electrons. The van der Waals surface area contributed by atoms with Crippen molar-refractivity contribution < 1.29 is 8.42 Å². The molecule has 7 heteroatoms. The van der Waals surface area contributed by atoms with Crippen molar-refractivity contribution >= 4 is 38.6 Å². The maximum Gasteiger partial charge on any atom is 0.242 e. The normalized spacial score (nSPS) is 11.5. The van der Waals surface area contributed by atoms with Crippen LogP contribution in [-0.2, 0) is 16.6 Å². The molecule has 0 saturated heterocycles. The van der Waals surface area contributed by atoms with Crippen LogP contribution in [0.4, 0.5) is 5.69 Å². The Kier molecular flexibility index (Phi) is 4.46. The van der Waals surface area contributed by atoms with E-state index in [-0.39, 0.29) is 11.4 Å². The first-order valence-electron chi connectivity index (χ1n) is 5.53. The van der Waals surface area contributed by atoms with E-state index in [1.54, 1.807) is 43.4 Å². The topological polar surface area (TPSA) is 58.2 Å². The molecule has 0 spiro atoms. The number of benzene rings is 1. The van der Waals surface area contributed by atoms with Gasteiger partial charge in [-0.2, -0.15) is 0 Å². The second-order valence-electron chi connectivity index (χ2n) is 3.78. The SMILES string of the molecule is CNc1ccccc1S(=O)(=O)NCc1ccc(Cl)s1. The minimum Gasteiger partial charge on any atom is -0.387 e. The van der Waals surface area contributed by atoms with Crippen LogP contribution >= 0.6 is 22.9 Å². The van der Waals surface area contributed by atoms with Crippen molar-refractivity contribution in [2.45, 2.75) is 11.4 Å². The lowest BCUT2D eigenvalue weighted by molar-refractivity contribution is 0.582. The van der Waals surface area contributed by atoms with Crippen LogP contribution in [0.5, 0.6) is 0 Å². The van der Waals surface area contributed by atoms with Crippen LogP contribution in [0.1, 0.15) is 4.88 Å². The van der Waals surface area contributed by atoms with Crippen molar-refractivity contribution in [2.24, 2.45) is 0 Å². The second-order valence-corrected chi connectivity index (χ2v) is 7.31. The lowest BCUT2D eigenvalue weighted by atomic mass is 10.3. The molecule has 0 fully saturated rings. The summed E-state index contributed by atoms with van der Waals surface area (Å²) in [5, 5.41) is 2.87. The molecular formula is C12H13ClN2O2S2. The maximum atomic E-state index is 12.2. The third-order valence-corrected chi connectivity index (χ3v) is 5.20. The first-order valence-corrected chi connectivity index (χ1v) is 8.21. The van der Waals surface area contributed by atoms with Gasteiger partial charge in [-0.25, -0.2) is 13.1 Å². The minimum atomic E-state index is -3.54. The first-order chi connectivity index (χ1) is 9.03. The highest BCUT2D eigenvalue weighted by Gasteiger charge is 2.17. The average molecular weight is 317 g/mol. The van der Waals surface area contributed by atoms with Crippen molar-refractivity contribution in [1.82, 2.24) is 4.72 Å². The standard InChI is InChI=1S/C12H13ClN2O2S2/c1-14-10-4-2-3-5-11(10)19(16,17)15-8-9-6-7-12(13)18-9/h2-7,14-15H,8H2,1H3. The molecule has 1 heterocycles. The molecule has 2 N–H and O–H groups in total. The average Bonchev–Trinajstić information content (AvgIpc) is 2.82. The Morgan fingerprint density at radius 1 is 1.21 bits per heavy atom. The summed E-state index contributed by atoms with van der Waals surface area (Å²) in [5.74, 6) is 0. The molecule has 0 saturated carbocycles. The molecule has 0 atom stereocenters. The first kappa shape index (κ1) is 14.3. The van der Waals surface area contributed by atoms with E-state index in [1.165, 1.54) is 11.3 Å². The van der Waals surface area contributed by atoms with Gasteiger partial charge >= 0.3 is 0 Å². The van der Waals surface area contributed by atoms with Gasteiger partial charge in [0, 0.05) is 18.5 Å². The number of rotatable bonds is 5. The number of halogens is 1. The number of hydrogen-bond donors (Lipinski definition) is 2. The fourth-order valence-corrected chi connectivity index (χ4v) is 3.94.